The van der Waals surface area contributed by atoms with Crippen molar-refractivity contribution in [1.82, 2.24) is 15.1 Å². The number of aromatic nitrogens is 2. The minimum Gasteiger partial charge on any atom is -0.309 e. The lowest BCUT2D eigenvalue weighted by atomic mass is 10.1. The number of halogens is 1. The molecule has 2 aromatic heterocycles. The molecule has 0 aliphatic heterocycles. The van der Waals surface area contributed by atoms with Crippen molar-refractivity contribution in [2.75, 3.05) is 6.54 Å². The number of nitrogens with one attached hydrogen (secondary N) is 1. The fourth-order valence-corrected chi connectivity index (χ4v) is 3.25. The van der Waals surface area contributed by atoms with Gasteiger partial charge in [-0.3, -0.25) is 4.68 Å². The van der Waals surface area contributed by atoms with Crippen LogP contribution in [-0.4, -0.2) is 16.3 Å². The molecule has 3 nitrogen and oxygen atoms in total. The lowest BCUT2D eigenvalue weighted by Crippen LogP contribution is -2.23. The van der Waals surface area contributed by atoms with Gasteiger partial charge < -0.3 is 5.32 Å². The molecule has 0 fully saturated rings. The predicted octanol–water partition coefficient (Wildman–Crippen LogP) is 3.73. The standard InChI is InChI=1S/C14H20ClN3S/c1-4-7-16-12(13-6-5-8-19-13)9-11-10(2)17-18(3)14(11)15/h5-6,8,12,16H,4,7,9H2,1-3H3. The number of rotatable bonds is 6. The topological polar surface area (TPSA) is 29.9 Å². The van der Waals surface area contributed by atoms with E-state index in [2.05, 4.69) is 34.9 Å². The average molecular weight is 298 g/mol. The zero-order valence-corrected chi connectivity index (χ0v) is 13.2. The van der Waals surface area contributed by atoms with Gasteiger partial charge in [-0.25, -0.2) is 0 Å². The number of thiophene rings is 1. The zero-order valence-electron chi connectivity index (χ0n) is 11.6. The third-order valence-electron chi connectivity index (χ3n) is 3.21. The second kappa shape index (κ2) is 6.55. The normalized spacial score (nSPS) is 12.8. The summed E-state index contributed by atoms with van der Waals surface area (Å²) in [5.41, 5.74) is 2.17. The van der Waals surface area contributed by atoms with E-state index < -0.39 is 0 Å². The summed E-state index contributed by atoms with van der Waals surface area (Å²) in [6, 6.07) is 4.59. The van der Waals surface area contributed by atoms with Gasteiger partial charge in [0.25, 0.3) is 0 Å². The summed E-state index contributed by atoms with van der Waals surface area (Å²) in [6.07, 6.45) is 2.01. The molecule has 0 saturated carbocycles. The monoisotopic (exact) mass is 297 g/mol. The second-order valence-corrected chi connectivity index (χ2v) is 6.04. The van der Waals surface area contributed by atoms with Crippen molar-refractivity contribution in [2.24, 2.45) is 7.05 Å². The van der Waals surface area contributed by atoms with E-state index in [0.29, 0.717) is 6.04 Å². The summed E-state index contributed by atoms with van der Waals surface area (Å²) >= 11 is 8.12. The number of nitrogens with zero attached hydrogens (tertiary/aromatic N) is 2. The van der Waals surface area contributed by atoms with Crippen molar-refractivity contribution >= 4 is 22.9 Å². The van der Waals surface area contributed by atoms with Gasteiger partial charge in [0.15, 0.2) is 0 Å². The van der Waals surface area contributed by atoms with Crippen molar-refractivity contribution in [3.63, 3.8) is 0 Å². The molecule has 2 aromatic rings. The molecule has 0 aliphatic rings. The maximum atomic E-state index is 6.33. The molecule has 0 bridgehead atoms. The van der Waals surface area contributed by atoms with Gasteiger partial charge in [-0.2, -0.15) is 5.10 Å². The van der Waals surface area contributed by atoms with Crippen LogP contribution < -0.4 is 5.32 Å². The number of hydrogen-bond donors (Lipinski definition) is 1. The Morgan fingerprint density at radius 3 is 2.84 bits per heavy atom. The summed E-state index contributed by atoms with van der Waals surface area (Å²) in [5.74, 6) is 0. The van der Waals surface area contributed by atoms with E-state index in [9.17, 15) is 0 Å². The smallest absolute Gasteiger partial charge is 0.130 e. The Morgan fingerprint density at radius 2 is 2.32 bits per heavy atom. The maximum absolute atomic E-state index is 6.33. The van der Waals surface area contributed by atoms with Crippen molar-refractivity contribution in [3.8, 4) is 0 Å². The van der Waals surface area contributed by atoms with Crippen LogP contribution in [0.5, 0.6) is 0 Å². The van der Waals surface area contributed by atoms with Crippen LogP contribution in [0, 0.1) is 6.92 Å². The molecule has 1 N–H and O–H groups in total. The Morgan fingerprint density at radius 1 is 1.53 bits per heavy atom. The molecule has 0 spiro atoms. The van der Waals surface area contributed by atoms with E-state index in [4.69, 9.17) is 11.6 Å². The molecule has 2 heterocycles. The summed E-state index contributed by atoms with van der Waals surface area (Å²) < 4.78 is 1.75. The van der Waals surface area contributed by atoms with Crippen LogP contribution in [0.3, 0.4) is 0 Å². The van der Waals surface area contributed by atoms with Crippen LogP contribution in [-0.2, 0) is 13.5 Å². The zero-order chi connectivity index (χ0) is 13.8. The van der Waals surface area contributed by atoms with Crippen molar-refractivity contribution in [3.05, 3.63) is 38.8 Å². The average Bonchev–Trinajstić information content (AvgIpc) is 2.98. The Bertz CT molecular complexity index is 519. The molecule has 0 aliphatic carbocycles. The molecule has 0 amide bonds. The molecule has 1 unspecified atom stereocenters. The molecular weight excluding hydrogens is 278 g/mol. The number of hydrogen-bond acceptors (Lipinski definition) is 3. The van der Waals surface area contributed by atoms with E-state index >= 15 is 0 Å². The Kier molecular flexibility index (Phi) is 5.02. The van der Waals surface area contributed by atoms with Gasteiger partial charge in [0.2, 0.25) is 0 Å². The molecule has 2 rings (SSSR count). The summed E-state index contributed by atoms with van der Waals surface area (Å²) in [5, 5.41) is 10.9. The fraction of sp³-hybridized carbons (Fsp3) is 0.500. The highest BCUT2D eigenvalue weighted by Gasteiger charge is 2.18. The van der Waals surface area contributed by atoms with Crippen LogP contribution in [0.4, 0.5) is 0 Å². The second-order valence-electron chi connectivity index (χ2n) is 4.70. The first kappa shape index (κ1) is 14.6. The summed E-state index contributed by atoms with van der Waals surface area (Å²) in [6.45, 7) is 5.22. The third-order valence-corrected chi connectivity index (χ3v) is 4.66. The molecule has 1 atom stereocenters. The van der Waals surface area contributed by atoms with Crippen LogP contribution in [0.15, 0.2) is 17.5 Å². The van der Waals surface area contributed by atoms with Crippen LogP contribution in [0.25, 0.3) is 0 Å². The Balaban J connectivity index is 2.20. The summed E-state index contributed by atoms with van der Waals surface area (Å²) in [7, 11) is 1.89. The molecule has 104 valence electrons. The first-order valence-corrected chi connectivity index (χ1v) is 7.84. The molecule has 0 radical (unpaired) electrons. The van der Waals surface area contributed by atoms with E-state index in [0.717, 1.165) is 35.8 Å². The predicted molar refractivity (Wildman–Crippen MR) is 82.0 cm³/mol. The van der Waals surface area contributed by atoms with Crippen LogP contribution >= 0.6 is 22.9 Å². The quantitative estimate of drug-likeness (QED) is 0.880. The molecule has 19 heavy (non-hydrogen) atoms. The minimum atomic E-state index is 0.320. The van der Waals surface area contributed by atoms with Gasteiger partial charge in [-0.05, 0) is 37.8 Å². The fourth-order valence-electron chi connectivity index (χ4n) is 2.19. The maximum Gasteiger partial charge on any atom is 0.130 e. The highest BCUT2D eigenvalue weighted by atomic mass is 35.5. The summed E-state index contributed by atoms with van der Waals surface area (Å²) in [4.78, 5) is 1.35. The molecular formula is C14H20ClN3S. The van der Waals surface area contributed by atoms with E-state index in [1.807, 2.05) is 14.0 Å². The first-order chi connectivity index (χ1) is 9.13. The van der Waals surface area contributed by atoms with Gasteiger partial charge in [0, 0.05) is 23.5 Å². The van der Waals surface area contributed by atoms with E-state index in [1.54, 1.807) is 16.0 Å². The Labute approximate surface area is 123 Å². The lowest BCUT2D eigenvalue weighted by Gasteiger charge is -2.17. The van der Waals surface area contributed by atoms with Crippen LogP contribution in [0.2, 0.25) is 5.15 Å². The third kappa shape index (κ3) is 3.38. The highest BCUT2D eigenvalue weighted by molar-refractivity contribution is 7.10. The SMILES string of the molecule is CCCNC(Cc1c(C)nn(C)c1Cl)c1cccs1. The van der Waals surface area contributed by atoms with Crippen molar-refractivity contribution in [1.29, 1.82) is 0 Å². The van der Waals surface area contributed by atoms with Gasteiger partial charge in [-0.1, -0.05) is 24.6 Å². The largest absolute Gasteiger partial charge is 0.309 e. The van der Waals surface area contributed by atoms with Crippen molar-refractivity contribution in [2.45, 2.75) is 32.7 Å². The number of aryl methyl sites for hydroxylation is 2. The van der Waals surface area contributed by atoms with Gasteiger partial charge in [0.05, 0.1) is 5.69 Å². The first-order valence-electron chi connectivity index (χ1n) is 6.58. The van der Waals surface area contributed by atoms with Gasteiger partial charge in [-0.15, -0.1) is 11.3 Å². The lowest BCUT2D eigenvalue weighted by molar-refractivity contribution is 0.535. The molecule has 5 heteroatoms. The van der Waals surface area contributed by atoms with Crippen molar-refractivity contribution < 1.29 is 0 Å². The Hall–Kier alpha value is -0.840. The van der Waals surface area contributed by atoms with E-state index in [1.165, 1.54) is 4.88 Å². The molecule has 0 aromatic carbocycles. The van der Waals surface area contributed by atoms with Crippen LogP contribution in [0.1, 0.15) is 35.5 Å². The van der Waals surface area contributed by atoms with Gasteiger partial charge in [0.1, 0.15) is 5.15 Å². The molecule has 0 saturated heterocycles. The highest BCUT2D eigenvalue weighted by Crippen LogP contribution is 2.28. The van der Waals surface area contributed by atoms with Gasteiger partial charge >= 0.3 is 0 Å². The van der Waals surface area contributed by atoms with E-state index in [-0.39, 0.29) is 0 Å². The minimum absolute atomic E-state index is 0.320.